The smallest absolute Gasteiger partial charge is 0.419 e. The summed E-state index contributed by atoms with van der Waals surface area (Å²) >= 11 is 0. The van der Waals surface area contributed by atoms with Gasteiger partial charge in [0.1, 0.15) is 0 Å². The Morgan fingerprint density at radius 2 is 2.24 bits per heavy atom. The number of carboxylic acid groups (broad SMARTS) is 1. The fourth-order valence-corrected chi connectivity index (χ4v) is 1.61. The van der Waals surface area contributed by atoms with Crippen molar-refractivity contribution < 1.29 is 14.3 Å². The molecule has 2 rings (SSSR count). The van der Waals surface area contributed by atoms with Crippen LogP contribution in [0.25, 0.3) is 11.1 Å². The fraction of sp³-hybridized carbons (Fsp3) is 0.273. The van der Waals surface area contributed by atoms with Crippen molar-refractivity contribution in [2.75, 3.05) is 7.05 Å². The van der Waals surface area contributed by atoms with Crippen LogP contribution in [-0.2, 0) is 13.6 Å². The fourth-order valence-electron chi connectivity index (χ4n) is 1.61. The Bertz CT molecular complexity index is 626. The van der Waals surface area contributed by atoms with Gasteiger partial charge in [-0.25, -0.2) is 9.59 Å². The van der Waals surface area contributed by atoms with Crippen LogP contribution < -0.4 is 5.76 Å². The number of rotatable bonds is 2. The van der Waals surface area contributed by atoms with Crippen molar-refractivity contribution >= 4 is 17.2 Å². The molecule has 1 amide bonds. The standard InChI is InChI=1S/C11H12N2O4/c1-12(10(14)15)6-7-3-4-9-8(5-7)13(2)11(16)17-9/h3-5H,6H2,1-2H3,(H,14,15). The molecule has 6 heteroatoms. The summed E-state index contributed by atoms with van der Waals surface area (Å²) in [5.41, 5.74) is 1.96. The number of benzene rings is 1. The molecule has 0 spiro atoms. The van der Waals surface area contributed by atoms with Gasteiger partial charge in [-0.1, -0.05) is 6.07 Å². The number of nitrogens with zero attached hydrogens (tertiary/aromatic N) is 2. The number of aromatic nitrogens is 1. The minimum absolute atomic E-state index is 0.268. The largest absolute Gasteiger partial charge is 0.465 e. The molecule has 0 unspecified atom stereocenters. The van der Waals surface area contributed by atoms with Crippen LogP contribution in [0.3, 0.4) is 0 Å². The maximum atomic E-state index is 11.3. The summed E-state index contributed by atoms with van der Waals surface area (Å²) in [6.07, 6.45) is -0.994. The third-order valence-electron chi connectivity index (χ3n) is 2.60. The highest BCUT2D eigenvalue weighted by molar-refractivity contribution is 5.74. The minimum Gasteiger partial charge on any atom is -0.465 e. The van der Waals surface area contributed by atoms with E-state index in [0.717, 1.165) is 5.56 Å². The van der Waals surface area contributed by atoms with E-state index in [9.17, 15) is 9.59 Å². The third-order valence-corrected chi connectivity index (χ3v) is 2.60. The third kappa shape index (κ3) is 2.01. The lowest BCUT2D eigenvalue weighted by Crippen LogP contribution is -2.23. The van der Waals surface area contributed by atoms with E-state index in [2.05, 4.69) is 0 Å². The van der Waals surface area contributed by atoms with Crippen molar-refractivity contribution in [2.24, 2.45) is 7.05 Å². The molecule has 2 aromatic rings. The van der Waals surface area contributed by atoms with Gasteiger partial charge < -0.3 is 14.4 Å². The Kier molecular flexibility index (Phi) is 2.63. The second kappa shape index (κ2) is 3.97. The first-order valence-electron chi connectivity index (χ1n) is 5.01. The highest BCUT2D eigenvalue weighted by Crippen LogP contribution is 2.15. The van der Waals surface area contributed by atoms with Gasteiger partial charge in [-0.15, -0.1) is 0 Å². The van der Waals surface area contributed by atoms with Gasteiger partial charge in [-0.2, -0.15) is 0 Å². The molecule has 0 radical (unpaired) electrons. The molecule has 0 aliphatic carbocycles. The molecule has 17 heavy (non-hydrogen) atoms. The molecule has 0 saturated heterocycles. The van der Waals surface area contributed by atoms with Gasteiger partial charge in [-0.3, -0.25) is 4.57 Å². The van der Waals surface area contributed by atoms with Crippen LogP contribution >= 0.6 is 0 Å². The van der Waals surface area contributed by atoms with Crippen LogP contribution in [0.5, 0.6) is 0 Å². The zero-order chi connectivity index (χ0) is 12.6. The van der Waals surface area contributed by atoms with E-state index in [4.69, 9.17) is 9.52 Å². The molecule has 0 aliphatic rings. The molecule has 0 saturated carbocycles. The second-order valence-electron chi connectivity index (χ2n) is 3.87. The molecule has 6 nitrogen and oxygen atoms in total. The van der Waals surface area contributed by atoms with Gasteiger partial charge in [0.15, 0.2) is 5.58 Å². The lowest BCUT2D eigenvalue weighted by molar-refractivity contribution is 0.154. The van der Waals surface area contributed by atoms with Crippen molar-refractivity contribution in [1.29, 1.82) is 0 Å². The van der Waals surface area contributed by atoms with Crippen molar-refractivity contribution in [3.8, 4) is 0 Å². The maximum Gasteiger partial charge on any atom is 0.419 e. The van der Waals surface area contributed by atoms with Gasteiger partial charge in [0, 0.05) is 20.6 Å². The van der Waals surface area contributed by atoms with E-state index < -0.39 is 11.8 Å². The first-order valence-corrected chi connectivity index (χ1v) is 5.01. The summed E-state index contributed by atoms with van der Waals surface area (Å²) in [6, 6.07) is 5.16. The zero-order valence-corrected chi connectivity index (χ0v) is 9.51. The Hall–Kier alpha value is -2.24. The predicted octanol–water partition coefficient (Wildman–Crippen LogP) is 1.24. The van der Waals surface area contributed by atoms with Crippen LogP contribution in [0.4, 0.5) is 4.79 Å². The lowest BCUT2D eigenvalue weighted by atomic mass is 10.2. The maximum absolute atomic E-state index is 11.3. The van der Waals surface area contributed by atoms with E-state index in [1.54, 1.807) is 25.2 Å². The minimum atomic E-state index is -0.994. The van der Waals surface area contributed by atoms with E-state index in [-0.39, 0.29) is 6.54 Å². The number of aryl methyl sites for hydroxylation is 1. The number of hydrogen-bond donors (Lipinski definition) is 1. The number of fused-ring (bicyclic) bond motifs is 1. The normalized spacial score (nSPS) is 10.7. The van der Waals surface area contributed by atoms with E-state index in [0.29, 0.717) is 11.1 Å². The lowest BCUT2D eigenvalue weighted by Gasteiger charge is -2.12. The number of carbonyl (C=O) groups is 1. The highest BCUT2D eigenvalue weighted by Gasteiger charge is 2.09. The summed E-state index contributed by atoms with van der Waals surface area (Å²) < 4.78 is 6.37. The Morgan fingerprint density at radius 1 is 1.53 bits per heavy atom. The van der Waals surface area contributed by atoms with Gasteiger partial charge >= 0.3 is 11.8 Å². The van der Waals surface area contributed by atoms with Crippen molar-refractivity contribution in [3.05, 3.63) is 34.3 Å². The highest BCUT2D eigenvalue weighted by atomic mass is 16.4. The zero-order valence-electron chi connectivity index (χ0n) is 9.51. The molecule has 0 atom stereocenters. The van der Waals surface area contributed by atoms with Crippen LogP contribution in [0.15, 0.2) is 27.4 Å². The summed E-state index contributed by atoms with van der Waals surface area (Å²) in [5.74, 6) is -0.427. The Labute approximate surface area is 96.7 Å². The molecule has 1 aromatic heterocycles. The van der Waals surface area contributed by atoms with Crippen molar-refractivity contribution in [1.82, 2.24) is 9.47 Å². The van der Waals surface area contributed by atoms with Crippen molar-refractivity contribution in [3.63, 3.8) is 0 Å². The predicted molar refractivity (Wildman–Crippen MR) is 60.9 cm³/mol. The molecular weight excluding hydrogens is 224 g/mol. The van der Waals surface area contributed by atoms with Gasteiger partial charge in [0.25, 0.3) is 0 Å². The van der Waals surface area contributed by atoms with E-state index in [1.165, 1.54) is 16.5 Å². The summed E-state index contributed by atoms with van der Waals surface area (Å²) in [5, 5.41) is 8.77. The van der Waals surface area contributed by atoms with Gasteiger partial charge in [-0.05, 0) is 17.7 Å². The summed E-state index contributed by atoms with van der Waals surface area (Å²) in [7, 11) is 3.10. The molecule has 0 fully saturated rings. The Balaban J connectivity index is 2.40. The van der Waals surface area contributed by atoms with Crippen molar-refractivity contribution in [2.45, 2.75) is 6.54 Å². The quantitative estimate of drug-likeness (QED) is 0.851. The molecule has 1 N–H and O–H groups in total. The molecular formula is C11H12N2O4. The van der Waals surface area contributed by atoms with Gasteiger partial charge in [0.2, 0.25) is 0 Å². The first kappa shape index (κ1) is 11.3. The second-order valence-corrected chi connectivity index (χ2v) is 3.87. The number of amides is 1. The van der Waals surface area contributed by atoms with E-state index >= 15 is 0 Å². The average molecular weight is 236 g/mol. The van der Waals surface area contributed by atoms with E-state index in [1.807, 2.05) is 0 Å². The van der Waals surface area contributed by atoms with Crippen LogP contribution in [0.2, 0.25) is 0 Å². The summed E-state index contributed by atoms with van der Waals surface area (Å²) in [4.78, 5) is 23.1. The SMILES string of the molecule is CN(Cc1ccc2oc(=O)n(C)c2c1)C(=O)O. The van der Waals surface area contributed by atoms with Crippen LogP contribution in [-0.4, -0.2) is 27.7 Å². The topological polar surface area (TPSA) is 75.7 Å². The monoisotopic (exact) mass is 236 g/mol. The first-order chi connectivity index (χ1) is 7.99. The van der Waals surface area contributed by atoms with Crippen LogP contribution in [0, 0.1) is 0 Å². The molecule has 90 valence electrons. The molecule has 0 bridgehead atoms. The van der Waals surface area contributed by atoms with Crippen LogP contribution in [0.1, 0.15) is 5.56 Å². The molecule has 0 aliphatic heterocycles. The average Bonchev–Trinajstić information content (AvgIpc) is 2.55. The Morgan fingerprint density at radius 3 is 2.88 bits per heavy atom. The number of oxazole rings is 1. The molecule has 1 aromatic carbocycles. The molecule has 1 heterocycles. The summed E-state index contributed by atoms with van der Waals surface area (Å²) in [6.45, 7) is 0.268. The van der Waals surface area contributed by atoms with Gasteiger partial charge in [0.05, 0.1) is 5.52 Å². The number of hydrogen-bond acceptors (Lipinski definition) is 3.